The number of carbonyl (C=O) groups excluding carboxylic acids is 1. The zero-order chi connectivity index (χ0) is 15.6. The monoisotopic (exact) mass is 296 g/mol. The Hall–Kier alpha value is -2.75. The van der Waals surface area contributed by atoms with Crippen molar-refractivity contribution >= 4 is 12.2 Å². The van der Waals surface area contributed by atoms with E-state index in [4.69, 9.17) is 15.0 Å². The van der Waals surface area contributed by atoms with Gasteiger partial charge in [-0.2, -0.15) is 4.79 Å². The van der Waals surface area contributed by atoms with E-state index in [1.54, 1.807) is 0 Å². The minimum atomic E-state index is -0.692. The number of esters is 1. The van der Waals surface area contributed by atoms with Crippen molar-refractivity contribution in [2.24, 2.45) is 0 Å². The molecule has 0 spiro atoms. The Morgan fingerprint density at radius 1 is 0.955 bits per heavy atom. The summed E-state index contributed by atoms with van der Waals surface area (Å²) in [6.07, 6.45) is 0.717. The Kier molecular flexibility index (Phi) is 6.05. The molecule has 0 bridgehead atoms. The van der Waals surface area contributed by atoms with E-state index >= 15 is 0 Å². The summed E-state index contributed by atoms with van der Waals surface area (Å²) in [5.41, 5.74) is 11.2. The first-order valence-corrected chi connectivity index (χ1v) is 6.82. The number of nitrogens with zero attached hydrogens (tertiary/aromatic N) is 2. The third kappa shape index (κ3) is 4.98. The van der Waals surface area contributed by atoms with Crippen molar-refractivity contribution in [1.82, 2.24) is 0 Å². The summed E-state index contributed by atoms with van der Waals surface area (Å²) >= 11 is 0. The fraction of sp³-hybridized carbons (Fsp3) is 0.176. The van der Waals surface area contributed by atoms with E-state index < -0.39 is 5.97 Å². The first-order valence-electron chi connectivity index (χ1n) is 6.82. The molecule has 0 aliphatic carbocycles. The van der Waals surface area contributed by atoms with E-state index in [1.165, 1.54) is 0 Å². The molecular formula is C17H16N2O3. The lowest BCUT2D eigenvalue weighted by Gasteiger charge is -2.10. The van der Waals surface area contributed by atoms with E-state index in [1.807, 2.05) is 54.6 Å². The fourth-order valence-electron chi connectivity index (χ4n) is 1.93. The van der Waals surface area contributed by atoms with Crippen molar-refractivity contribution in [3.8, 4) is 0 Å². The average Bonchev–Trinajstić information content (AvgIpc) is 2.55. The van der Waals surface area contributed by atoms with Gasteiger partial charge < -0.3 is 15.0 Å². The number of hydrogen-bond donors (Lipinski definition) is 0. The summed E-state index contributed by atoms with van der Waals surface area (Å²) in [6, 6.07) is 17.5. The van der Waals surface area contributed by atoms with Crippen LogP contribution in [0, 0.1) is 0 Å². The van der Waals surface area contributed by atoms with Gasteiger partial charge in [-0.1, -0.05) is 54.6 Å². The predicted octanol–water partition coefficient (Wildman–Crippen LogP) is 2.75. The average molecular weight is 296 g/mol. The van der Waals surface area contributed by atoms with Crippen LogP contribution in [-0.2, 0) is 34.1 Å². The number of carbonyl (C=O) groups is 1. The molecule has 0 atom stereocenters. The minimum absolute atomic E-state index is 0.107. The highest BCUT2D eigenvalue weighted by Crippen LogP contribution is 2.13. The maximum atomic E-state index is 11.2. The lowest BCUT2D eigenvalue weighted by atomic mass is 10.1. The van der Waals surface area contributed by atoms with Crippen molar-refractivity contribution < 1.29 is 19.1 Å². The van der Waals surface area contributed by atoms with Gasteiger partial charge in [0.2, 0.25) is 0 Å². The molecule has 2 aromatic rings. The second kappa shape index (κ2) is 8.52. The number of ether oxygens (including phenoxy) is 2. The Morgan fingerprint density at radius 2 is 1.59 bits per heavy atom. The van der Waals surface area contributed by atoms with Crippen LogP contribution in [0.3, 0.4) is 0 Å². The quantitative estimate of drug-likeness (QED) is 0.341. The van der Waals surface area contributed by atoms with Gasteiger partial charge in [-0.15, -0.1) is 0 Å². The van der Waals surface area contributed by atoms with E-state index in [0.717, 1.165) is 16.7 Å². The zero-order valence-electron chi connectivity index (χ0n) is 12.0. The van der Waals surface area contributed by atoms with Crippen molar-refractivity contribution in [1.29, 1.82) is 0 Å². The molecule has 2 aromatic carbocycles. The van der Waals surface area contributed by atoms with Crippen LogP contribution in [0.5, 0.6) is 0 Å². The van der Waals surface area contributed by atoms with Crippen LogP contribution in [-0.4, -0.2) is 17.0 Å². The summed E-state index contributed by atoms with van der Waals surface area (Å²) in [5.74, 6) is -0.692. The molecule has 0 fully saturated rings. The normalized spacial score (nSPS) is 9.82. The van der Waals surface area contributed by atoms with Gasteiger partial charge in [-0.25, -0.2) is 4.79 Å². The molecule has 0 N–H and O–H groups in total. The maximum Gasteiger partial charge on any atom is 0.413 e. The highest BCUT2D eigenvalue weighted by atomic mass is 16.5. The van der Waals surface area contributed by atoms with Gasteiger partial charge in [0.05, 0.1) is 13.2 Å². The van der Waals surface area contributed by atoms with Crippen molar-refractivity contribution in [3.05, 3.63) is 76.8 Å². The summed E-state index contributed by atoms with van der Waals surface area (Å²) in [4.78, 5) is 13.8. The highest BCUT2D eigenvalue weighted by Gasteiger charge is 2.07. The van der Waals surface area contributed by atoms with E-state index in [9.17, 15) is 4.79 Å². The Labute approximate surface area is 128 Å². The van der Waals surface area contributed by atoms with Gasteiger partial charge in [-0.3, -0.25) is 0 Å². The van der Waals surface area contributed by atoms with Crippen LogP contribution < -0.4 is 0 Å². The maximum absolute atomic E-state index is 11.2. The van der Waals surface area contributed by atoms with Crippen LogP contribution >= 0.6 is 0 Å². The molecule has 0 saturated heterocycles. The molecule has 5 nitrogen and oxygen atoms in total. The van der Waals surface area contributed by atoms with E-state index in [0.29, 0.717) is 19.4 Å². The zero-order valence-corrected chi connectivity index (χ0v) is 12.0. The summed E-state index contributed by atoms with van der Waals surface area (Å²) in [5, 5.41) is 0. The van der Waals surface area contributed by atoms with Crippen LogP contribution in [0.25, 0.3) is 5.53 Å². The smallest absolute Gasteiger partial charge is 0.413 e. The molecule has 0 saturated carbocycles. The van der Waals surface area contributed by atoms with Crippen molar-refractivity contribution in [3.63, 3.8) is 0 Å². The van der Waals surface area contributed by atoms with Crippen LogP contribution in [0.15, 0.2) is 54.6 Å². The number of hydrogen-bond acceptors (Lipinski definition) is 3. The fourth-order valence-corrected chi connectivity index (χ4v) is 1.93. The molecule has 5 heteroatoms. The second-order valence-corrected chi connectivity index (χ2v) is 4.60. The van der Waals surface area contributed by atoms with Crippen LogP contribution in [0.2, 0.25) is 0 Å². The molecule has 2 rings (SSSR count). The van der Waals surface area contributed by atoms with Gasteiger partial charge in [0.25, 0.3) is 0 Å². The van der Waals surface area contributed by atoms with Gasteiger partial charge in [0, 0.05) is 0 Å². The molecule has 22 heavy (non-hydrogen) atoms. The van der Waals surface area contributed by atoms with Crippen molar-refractivity contribution in [2.75, 3.05) is 0 Å². The third-order valence-corrected chi connectivity index (χ3v) is 3.02. The van der Waals surface area contributed by atoms with Gasteiger partial charge >= 0.3 is 12.2 Å². The molecule has 0 radical (unpaired) electrons. The highest BCUT2D eigenvalue weighted by molar-refractivity contribution is 6.20. The molecule has 112 valence electrons. The van der Waals surface area contributed by atoms with Crippen LogP contribution in [0.1, 0.15) is 16.7 Å². The minimum Gasteiger partial charge on any atom is -0.452 e. The van der Waals surface area contributed by atoms with Crippen molar-refractivity contribution in [2.45, 2.75) is 19.8 Å². The molecule has 0 unspecified atom stereocenters. The summed E-state index contributed by atoms with van der Waals surface area (Å²) < 4.78 is 10.7. The molecule has 0 aliphatic heterocycles. The van der Waals surface area contributed by atoms with Gasteiger partial charge in [-0.05, 0) is 16.7 Å². The molecule has 0 heterocycles. The second-order valence-electron chi connectivity index (χ2n) is 4.60. The van der Waals surface area contributed by atoms with E-state index in [-0.39, 0.29) is 6.61 Å². The SMILES string of the molecule is [N-]=[N+]=CC(=O)OCc1ccccc1COCc1ccccc1. The summed E-state index contributed by atoms with van der Waals surface area (Å²) in [6.45, 7) is 1.05. The lowest BCUT2D eigenvalue weighted by Crippen LogP contribution is -2.08. The predicted molar refractivity (Wildman–Crippen MR) is 80.9 cm³/mol. The Bertz CT molecular complexity index is 665. The Balaban J connectivity index is 1.90. The largest absolute Gasteiger partial charge is 0.452 e. The number of benzene rings is 2. The van der Waals surface area contributed by atoms with Crippen LogP contribution in [0.4, 0.5) is 0 Å². The third-order valence-electron chi connectivity index (χ3n) is 3.02. The number of rotatable bonds is 7. The van der Waals surface area contributed by atoms with Gasteiger partial charge in [0.1, 0.15) is 6.61 Å². The summed E-state index contributed by atoms with van der Waals surface area (Å²) in [7, 11) is 0. The molecular weight excluding hydrogens is 280 g/mol. The molecule has 0 aromatic heterocycles. The van der Waals surface area contributed by atoms with E-state index in [2.05, 4.69) is 4.79 Å². The lowest BCUT2D eigenvalue weighted by molar-refractivity contribution is -0.140. The standard InChI is InChI=1S/C17H16N2O3/c18-19-10-17(20)22-13-16-9-5-4-8-15(16)12-21-11-14-6-2-1-3-7-14/h1-10H,11-13H2. The first kappa shape index (κ1) is 15.6. The van der Waals surface area contributed by atoms with Gasteiger partial charge in [0.15, 0.2) is 0 Å². The Morgan fingerprint density at radius 3 is 2.27 bits per heavy atom. The molecule has 0 amide bonds. The topological polar surface area (TPSA) is 71.9 Å². The molecule has 0 aliphatic rings. The first-order chi connectivity index (χ1) is 10.8.